The summed E-state index contributed by atoms with van der Waals surface area (Å²) in [6.45, 7) is 0.948. The van der Waals surface area contributed by atoms with Crippen LogP contribution in [-0.2, 0) is 11.3 Å². The van der Waals surface area contributed by atoms with E-state index < -0.39 is 36.1 Å². The lowest BCUT2D eigenvalue weighted by molar-refractivity contribution is -0.275. The summed E-state index contributed by atoms with van der Waals surface area (Å²) >= 11 is 0. The SMILES string of the molecule is CCOC(=O)c1ncc(CN)c(OC(F)(F)F)c1F. The highest BCUT2D eigenvalue weighted by Crippen LogP contribution is 2.30. The molecule has 9 heteroatoms. The Labute approximate surface area is 105 Å². The third-order valence-corrected chi connectivity index (χ3v) is 1.95. The third kappa shape index (κ3) is 3.78. The van der Waals surface area contributed by atoms with Crippen LogP contribution in [0.2, 0.25) is 0 Å². The summed E-state index contributed by atoms with van der Waals surface area (Å²) in [6.07, 6.45) is -4.28. The van der Waals surface area contributed by atoms with Gasteiger partial charge in [0.05, 0.1) is 6.61 Å². The Hall–Kier alpha value is -1.90. The molecule has 0 fully saturated rings. The number of hydrogen-bond acceptors (Lipinski definition) is 5. The zero-order valence-corrected chi connectivity index (χ0v) is 9.75. The van der Waals surface area contributed by atoms with Gasteiger partial charge in [-0.1, -0.05) is 0 Å². The van der Waals surface area contributed by atoms with Crippen LogP contribution in [0, 0.1) is 5.82 Å². The molecule has 5 nitrogen and oxygen atoms in total. The van der Waals surface area contributed by atoms with Crippen LogP contribution in [0.15, 0.2) is 6.20 Å². The molecule has 19 heavy (non-hydrogen) atoms. The number of halogens is 4. The fourth-order valence-electron chi connectivity index (χ4n) is 1.22. The average molecular weight is 282 g/mol. The van der Waals surface area contributed by atoms with Crippen LogP contribution < -0.4 is 10.5 Å². The van der Waals surface area contributed by atoms with Crippen molar-refractivity contribution in [3.63, 3.8) is 0 Å². The molecule has 0 aliphatic heterocycles. The molecule has 0 aliphatic rings. The first-order valence-electron chi connectivity index (χ1n) is 5.10. The number of rotatable bonds is 4. The number of hydrogen-bond donors (Lipinski definition) is 1. The molecule has 0 amide bonds. The summed E-state index contributed by atoms with van der Waals surface area (Å²) in [7, 11) is 0. The highest BCUT2D eigenvalue weighted by atomic mass is 19.4. The lowest BCUT2D eigenvalue weighted by Gasteiger charge is -2.14. The standard InChI is InChI=1S/C10H10F4N2O3/c1-2-18-9(17)7-6(11)8(19-10(12,13)14)5(3-15)4-16-7/h4H,2-3,15H2,1H3. The number of ether oxygens (including phenoxy) is 2. The van der Waals surface area contributed by atoms with Crippen LogP contribution in [0.5, 0.6) is 5.75 Å². The topological polar surface area (TPSA) is 74.4 Å². The van der Waals surface area contributed by atoms with Gasteiger partial charge in [0, 0.05) is 18.3 Å². The molecule has 1 aromatic heterocycles. The fourth-order valence-corrected chi connectivity index (χ4v) is 1.22. The normalized spacial score (nSPS) is 11.3. The van der Waals surface area contributed by atoms with Gasteiger partial charge in [-0.3, -0.25) is 0 Å². The van der Waals surface area contributed by atoms with Gasteiger partial charge in [-0.25, -0.2) is 14.2 Å². The second-order valence-electron chi connectivity index (χ2n) is 3.25. The van der Waals surface area contributed by atoms with E-state index in [0.29, 0.717) is 0 Å². The predicted octanol–water partition coefficient (Wildman–Crippen LogP) is 1.75. The molecule has 0 saturated carbocycles. The largest absolute Gasteiger partial charge is 0.573 e. The van der Waals surface area contributed by atoms with E-state index in [1.807, 2.05) is 0 Å². The minimum atomic E-state index is -5.11. The van der Waals surface area contributed by atoms with Gasteiger partial charge in [-0.15, -0.1) is 13.2 Å². The van der Waals surface area contributed by atoms with Crippen LogP contribution >= 0.6 is 0 Å². The predicted molar refractivity (Wildman–Crippen MR) is 54.7 cm³/mol. The van der Waals surface area contributed by atoms with Crippen LogP contribution in [0.4, 0.5) is 17.6 Å². The Balaban J connectivity index is 3.25. The Morgan fingerprint density at radius 2 is 2.11 bits per heavy atom. The number of nitrogens with two attached hydrogens (primary N) is 1. The fraction of sp³-hybridized carbons (Fsp3) is 0.400. The van der Waals surface area contributed by atoms with Crippen molar-refractivity contribution in [3.05, 3.63) is 23.3 Å². The lowest BCUT2D eigenvalue weighted by atomic mass is 10.2. The zero-order chi connectivity index (χ0) is 14.6. The van der Waals surface area contributed by atoms with Crippen LogP contribution in [-0.4, -0.2) is 23.9 Å². The van der Waals surface area contributed by atoms with E-state index in [-0.39, 0.29) is 12.2 Å². The molecule has 0 radical (unpaired) electrons. The first-order chi connectivity index (χ1) is 8.80. The number of esters is 1. The molecule has 0 aromatic carbocycles. The highest BCUT2D eigenvalue weighted by molar-refractivity contribution is 5.88. The smallest absolute Gasteiger partial charge is 0.461 e. The molecule has 0 atom stereocenters. The van der Waals surface area contributed by atoms with Gasteiger partial charge in [0.15, 0.2) is 17.3 Å². The van der Waals surface area contributed by atoms with Crippen molar-refractivity contribution in [2.75, 3.05) is 6.61 Å². The molecule has 2 N–H and O–H groups in total. The number of pyridine rings is 1. The summed E-state index contributed by atoms with van der Waals surface area (Å²) in [5.41, 5.74) is 3.95. The Kier molecular flexibility index (Phi) is 4.65. The van der Waals surface area contributed by atoms with E-state index in [2.05, 4.69) is 14.5 Å². The van der Waals surface area contributed by atoms with Gasteiger partial charge in [0.2, 0.25) is 0 Å². The summed E-state index contributed by atoms with van der Waals surface area (Å²) in [6, 6.07) is 0. The first-order valence-corrected chi connectivity index (χ1v) is 5.10. The number of aromatic nitrogens is 1. The van der Waals surface area contributed by atoms with Gasteiger partial charge in [-0.2, -0.15) is 0 Å². The van der Waals surface area contributed by atoms with E-state index >= 15 is 0 Å². The third-order valence-electron chi connectivity index (χ3n) is 1.95. The van der Waals surface area contributed by atoms with Crippen molar-refractivity contribution in [3.8, 4) is 5.75 Å². The van der Waals surface area contributed by atoms with E-state index in [1.54, 1.807) is 0 Å². The summed E-state index contributed by atoms with van der Waals surface area (Å²) < 4.78 is 58.2. The maximum absolute atomic E-state index is 13.8. The van der Waals surface area contributed by atoms with Crippen molar-refractivity contribution in [1.29, 1.82) is 0 Å². The lowest BCUT2D eigenvalue weighted by Crippen LogP contribution is -2.21. The summed E-state index contributed by atoms with van der Waals surface area (Å²) in [5, 5.41) is 0. The number of carbonyl (C=O) groups excluding carboxylic acids is 1. The first kappa shape index (κ1) is 15.2. The van der Waals surface area contributed by atoms with Gasteiger partial charge in [0.25, 0.3) is 0 Å². The maximum atomic E-state index is 13.8. The minimum Gasteiger partial charge on any atom is -0.461 e. The van der Waals surface area contributed by atoms with Crippen LogP contribution in [0.3, 0.4) is 0 Å². The van der Waals surface area contributed by atoms with Gasteiger partial charge in [-0.05, 0) is 6.92 Å². The summed E-state index contributed by atoms with van der Waals surface area (Å²) in [4.78, 5) is 14.7. The summed E-state index contributed by atoms with van der Waals surface area (Å²) in [5.74, 6) is -3.91. The van der Waals surface area contributed by atoms with Crippen molar-refractivity contribution >= 4 is 5.97 Å². The quantitative estimate of drug-likeness (QED) is 0.672. The molecule has 1 heterocycles. The number of carbonyl (C=O) groups is 1. The monoisotopic (exact) mass is 282 g/mol. The maximum Gasteiger partial charge on any atom is 0.573 e. The highest BCUT2D eigenvalue weighted by Gasteiger charge is 2.35. The van der Waals surface area contributed by atoms with Crippen LogP contribution in [0.1, 0.15) is 23.0 Å². The average Bonchev–Trinajstić information content (AvgIpc) is 2.30. The molecular formula is C10H10F4N2O3. The second-order valence-corrected chi connectivity index (χ2v) is 3.25. The van der Waals surface area contributed by atoms with E-state index in [1.165, 1.54) is 6.92 Å². The van der Waals surface area contributed by atoms with Crippen molar-refractivity contribution in [1.82, 2.24) is 4.98 Å². The molecule has 0 bridgehead atoms. The van der Waals surface area contributed by atoms with Crippen LogP contribution in [0.25, 0.3) is 0 Å². The van der Waals surface area contributed by atoms with Crippen molar-refractivity contribution in [2.24, 2.45) is 5.73 Å². The van der Waals surface area contributed by atoms with E-state index in [4.69, 9.17) is 5.73 Å². The molecule has 0 saturated heterocycles. The molecule has 106 valence electrons. The molecule has 1 aromatic rings. The van der Waals surface area contributed by atoms with E-state index in [9.17, 15) is 22.4 Å². The van der Waals surface area contributed by atoms with Crippen molar-refractivity contribution < 1.29 is 31.8 Å². The Morgan fingerprint density at radius 1 is 1.47 bits per heavy atom. The Morgan fingerprint density at radius 3 is 2.58 bits per heavy atom. The molecular weight excluding hydrogens is 272 g/mol. The molecule has 0 unspecified atom stereocenters. The van der Waals surface area contributed by atoms with Gasteiger partial charge < -0.3 is 15.2 Å². The molecule has 0 aliphatic carbocycles. The Bertz CT molecular complexity index is 477. The minimum absolute atomic E-state index is 0.0753. The zero-order valence-electron chi connectivity index (χ0n) is 9.75. The number of alkyl halides is 3. The van der Waals surface area contributed by atoms with Crippen molar-refractivity contribution in [2.45, 2.75) is 19.8 Å². The number of nitrogens with zero attached hydrogens (tertiary/aromatic N) is 1. The van der Waals surface area contributed by atoms with Gasteiger partial charge >= 0.3 is 12.3 Å². The second kappa shape index (κ2) is 5.83. The molecule has 1 rings (SSSR count). The molecule has 0 spiro atoms. The van der Waals surface area contributed by atoms with Gasteiger partial charge in [0.1, 0.15) is 0 Å². The van der Waals surface area contributed by atoms with E-state index in [0.717, 1.165) is 6.20 Å².